The number of rotatable bonds is 2. The third-order valence-corrected chi connectivity index (χ3v) is 3.62. The number of hydrogen-bond acceptors (Lipinski definition) is 2. The number of nitriles is 1. The molecule has 2 unspecified atom stereocenters. The summed E-state index contributed by atoms with van der Waals surface area (Å²) in [5.41, 5.74) is 3.14. The molecule has 0 bridgehead atoms. The SMILES string of the molecule is COc1cc(C)cc(C)c1C1(C#N)CC1C. The van der Waals surface area contributed by atoms with E-state index in [0.29, 0.717) is 5.92 Å². The van der Waals surface area contributed by atoms with Crippen molar-refractivity contribution in [2.24, 2.45) is 5.92 Å². The largest absolute Gasteiger partial charge is 0.496 e. The van der Waals surface area contributed by atoms with E-state index in [9.17, 15) is 5.26 Å². The van der Waals surface area contributed by atoms with Crippen molar-refractivity contribution in [3.8, 4) is 11.8 Å². The predicted molar refractivity (Wildman–Crippen MR) is 63.5 cm³/mol. The first-order valence-electron chi connectivity index (χ1n) is 5.62. The topological polar surface area (TPSA) is 33.0 Å². The molecule has 0 spiro atoms. The third kappa shape index (κ3) is 1.39. The van der Waals surface area contributed by atoms with E-state index < -0.39 is 0 Å². The van der Waals surface area contributed by atoms with Crippen molar-refractivity contribution >= 4 is 0 Å². The molecule has 1 fully saturated rings. The van der Waals surface area contributed by atoms with E-state index >= 15 is 0 Å². The molecule has 84 valence electrons. The van der Waals surface area contributed by atoms with Crippen LogP contribution in [0, 0.1) is 31.1 Å². The maximum absolute atomic E-state index is 9.39. The lowest BCUT2D eigenvalue weighted by atomic mass is 9.89. The molecule has 1 aromatic carbocycles. The summed E-state index contributed by atoms with van der Waals surface area (Å²) in [7, 11) is 1.68. The Morgan fingerprint density at radius 1 is 1.44 bits per heavy atom. The number of methoxy groups -OCH3 is 1. The highest BCUT2D eigenvalue weighted by Gasteiger charge is 2.55. The number of ether oxygens (including phenoxy) is 1. The van der Waals surface area contributed by atoms with Gasteiger partial charge in [-0.25, -0.2) is 0 Å². The maximum atomic E-state index is 9.39. The zero-order valence-electron chi connectivity index (χ0n) is 10.3. The van der Waals surface area contributed by atoms with Crippen molar-refractivity contribution in [2.45, 2.75) is 32.6 Å². The average molecular weight is 215 g/mol. The Hall–Kier alpha value is -1.49. The van der Waals surface area contributed by atoms with E-state index in [1.807, 2.05) is 6.07 Å². The van der Waals surface area contributed by atoms with Crippen molar-refractivity contribution in [1.82, 2.24) is 0 Å². The number of aryl methyl sites for hydroxylation is 2. The van der Waals surface area contributed by atoms with Crippen LogP contribution in [0.1, 0.15) is 30.0 Å². The monoisotopic (exact) mass is 215 g/mol. The Labute approximate surface area is 96.9 Å². The molecule has 16 heavy (non-hydrogen) atoms. The summed E-state index contributed by atoms with van der Waals surface area (Å²) in [4.78, 5) is 0. The minimum absolute atomic E-state index is 0.302. The normalized spacial score (nSPS) is 27.3. The molecule has 0 heterocycles. The van der Waals surface area contributed by atoms with Crippen LogP contribution in [0.2, 0.25) is 0 Å². The average Bonchev–Trinajstić information content (AvgIpc) is 2.89. The highest BCUT2D eigenvalue weighted by molar-refractivity contribution is 5.54. The van der Waals surface area contributed by atoms with Crippen LogP contribution in [0.15, 0.2) is 12.1 Å². The fraction of sp³-hybridized carbons (Fsp3) is 0.500. The van der Waals surface area contributed by atoms with Gasteiger partial charge in [-0.3, -0.25) is 0 Å². The van der Waals surface area contributed by atoms with Crippen LogP contribution in [0.3, 0.4) is 0 Å². The first kappa shape index (κ1) is 11.0. The van der Waals surface area contributed by atoms with E-state index in [2.05, 4.69) is 32.9 Å². The van der Waals surface area contributed by atoms with Crippen LogP contribution < -0.4 is 4.74 Å². The maximum Gasteiger partial charge on any atom is 0.124 e. The molecule has 0 N–H and O–H groups in total. The highest BCUT2D eigenvalue weighted by atomic mass is 16.5. The molecule has 2 heteroatoms. The van der Waals surface area contributed by atoms with Gasteiger partial charge >= 0.3 is 0 Å². The van der Waals surface area contributed by atoms with Gasteiger partial charge in [0.1, 0.15) is 5.75 Å². The molecular formula is C14H17NO. The molecule has 0 saturated heterocycles. The molecule has 1 aliphatic rings. The smallest absolute Gasteiger partial charge is 0.124 e. The standard InChI is InChI=1S/C14H17NO/c1-9-5-10(2)13(12(6-9)16-4)14(8-15)7-11(14)3/h5-6,11H,7H2,1-4H3. The summed E-state index contributed by atoms with van der Waals surface area (Å²) < 4.78 is 5.43. The van der Waals surface area contributed by atoms with Gasteiger partial charge in [0, 0.05) is 5.56 Å². The van der Waals surface area contributed by atoms with Gasteiger partial charge in [-0.05, 0) is 43.4 Å². The van der Waals surface area contributed by atoms with Crippen LogP contribution in [0.4, 0.5) is 0 Å². The zero-order valence-corrected chi connectivity index (χ0v) is 10.3. The molecule has 1 saturated carbocycles. The van der Waals surface area contributed by atoms with Crippen molar-refractivity contribution in [2.75, 3.05) is 7.11 Å². The molecule has 2 nitrogen and oxygen atoms in total. The van der Waals surface area contributed by atoms with Crippen molar-refractivity contribution < 1.29 is 4.74 Å². The Bertz CT molecular complexity index is 472. The molecule has 2 atom stereocenters. The fourth-order valence-electron chi connectivity index (χ4n) is 2.65. The van der Waals surface area contributed by atoms with Crippen molar-refractivity contribution in [1.29, 1.82) is 5.26 Å². The van der Waals surface area contributed by atoms with Crippen LogP contribution in [0.25, 0.3) is 0 Å². The lowest BCUT2D eigenvalue weighted by Crippen LogP contribution is -2.10. The number of hydrogen-bond donors (Lipinski definition) is 0. The Morgan fingerprint density at radius 3 is 2.50 bits per heavy atom. The van der Waals surface area contributed by atoms with Crippen LogP contribution in [-0.4, -0.2) is 7.11 Å². The summed E-state index contributed by atoms with van der Waals surface area (Å²) in [6, 6.07) is 6.62. The second-order valence-electron chi connectivity index (χ2n) is 4.85. The van der Waals surface area contributed by atoms with E-state index in [1.165, 1.54) is 11.1 Å². The predicted octanol–water partition coefficient (Wildman–Crippen LogP) is 3.11. The van der Waals surface area contributed by atoms with Crippen molar-refractivity contribution in [3.05, 3.63) is 28.8 Å². The van der Waals surface area contributed by atoms with Gasteiger partial charge in [-0.2, -0.15) is 5.26 Å². The first-order chi connectivity index (χ1) is 7.55. The van der Waals surface area contributed by atoms with Gasteiger partial charge in [0.25, 0.3) is 0 Å². The second-order valence-corrected chi connectivity index (χ2v) is 4.85. The van der Waals surface area contributed by atoms with E-state index in [1.54, 1.807) is 7.11 Å². The highest BCUT2D eigenvalue weighted by Crippen LogP contribution is 2.57. The summed E-state index contributed by atoms with van der Waals surface area (Å²) in [6.45, 7) is 6.24. The van der Waals surface area contributed by atoms with E-state index in [-0.39, 0.29) is 5.41 Å². The molecule has 0 radical (unpaired) electrons. The van der Waals surface area contributed by atoms with Crippen LogP contribution in [0.5, 0.6) is 5.75 Å². The summed E-state index contributed by atoms with van der Waals surface area (Å²) >= 11 is 0. The molecule has 0 aliphatic heterocycles. The van der Waals surface area contributed by atoms with Gasteiger partial charge < -0.3 is 4.74 Å². The van der Waals surface area contributed by atoms with Gasteiger partial charge in [-0.1, -0.05) is 13.0 Å². The third-order valence-electron chi connectivity index (χ3n) is 3.62. The number of nitrogens with zero attached hydrogens (tertiary/aromatic N) is 1. The molecule has 0 aromatic heterocycles. The Balaban J connectivity index is 2.61. The molecule has 2 rings (SSSR count). The Morgan fingerprint density at radius 2 is 2.06 bits per heavy atom. The van der Waals surface area contributed by atoms with Gasteiger partial charge in [-0.15, -0.1) is 0 Å². The minimum Gasteiger partial charge on any atom is -0.496 e. The number of benzene rings is 1. The molecule has 1 aromatic rings. The minimum atomic E-state index is -0.302. The summed E-state index contributed by atoms with van der Waals surface area (Å²) in [6.07, 6.45) is 0.948. The quantitative estimate of drug-likeness (QED) is 0.759. The zero-order chi connectivity index (χ0) is 11.9. The second kappa shape index (κ2) is 3.52. The van der Waals surface area contributed by atoms with Crippen LogP contribution in [-0.2, 0) is 5.41 Å². The van der Waals surface area contributed by atoms with Gasteiger partial charge in [0.15, 0.2) is 0 Å². The van der Waals surface area contributed by atoms with Crippen LogP contribution >= 0.6 is 0 Å². The molecule has 1 aliphatic carbocycles. The van der Waals surface area contributed by atoms with Gasteiger partial charge in [0.05, 0.1) is 18.6 Å². The molecule has 0 amide bonds. The lowest BCUT2D eigenvalue weighted by Gasteiger charge is -2.17. The summed E-state index contributed by atoms with van der Waals surface area (Å²) in [5, 5.41) is 9.39. The Kier molecular flexibility index (Phi) is 2.42. The fourth-order valence-corrected chi connectivity index (χ4v) is 2.65. The van der Waals surface area contributed by atoms with E-state index in [4.69, 9.17) is 4.74 Å². The van der Waals surface area contributed by atoms with Gasteiger partial charge in [0.2, 0.25) is 0 Å². The summed E-state index contributed by atoms with van der Waals surface area (Å²) in [5.74, 6) is 1.30. The van der Waals surface area contributed by atoms with E-state index in [0.717, 1.165) is 17.7 Å². The lowest BCUT2D eigenvalue weighted by molar-refractivity contribution is 0.405. The first-order valence-corrected chi connectivity index (χ1v) is 5.62. The molecular weight excluding hydrogens is 198 g/mol. The van der Waals surface area contributed by atoms with Crippen molar-refractivity contribution in [3.63, 3.8) is 0 Å².